The molecule has 0 aliphatic heterocycles. The molecule has 3 aromatic rings. The number of sulfonamides is 1. The van der Waals surface area contributed by atoms with E-state index in [0.717, 1.165) is 28.3 Å². The van der Waals surface area contributed by atoms with E-state index < -0.39 is 26.6 Å². The smallest absolute Gasteiger partial charge is 0.267 e. The van der Waals surface area contributed by atoms with Gasteiger partial charge in [-0.2, -0.15) is 0 Å². The van der Waals surface area contributed by atoms with Crippen molar-refractivity contribution in [3.63, 3.8) is 0 Å². The predicted octanol–water partition coefficient (Wildman–Crippen LogP) is 3.65. The Bertz CT molecular complexity index is 982. The molecule has 25 heavy (non-hydrogen) atoms. The lowest BCUT2D eigenvalue weighted by molar-refractivity contribution is 0.521. The fraction of sp³-hybridized carbons (Fsp3) is 0.0625. The number of rotatable bonds is 5. The standard InChI is InChI=1S/C16H13F2N3O2S2/c1-21-10-9-19-16(21)24-12-7-5-11(6-8-12)20-25(22,23)15-13(17)3-2-4-14(15)18/h2-10,20H,1H3. The van der Waals surface area contributed by atoms with Crippen LogP contribution in [0.15, 0.2) is 69.8 Å². The second-order valence-electron chi connectivity index (χ2n) is 5.10. The molecule has 0 amide bonds. The largest absolute Gasteiger partial charge is 0.329 e. The van der Waals surface area contributed by atoms with Crippen molar-refractivity contribution >= 4 is 27.5 Å². The van der Waals surface area contributed by atoms with E-state index in [0.29, 0.717) is 0 Å². The molecule has 0 bridgehead atoms. The van der Waals surface area contributed by atoms with E-state index in [4.69, 9.17) is 0 Å². The normalized spacial score (nSPS) is 11.5. The van der Waals surface area contributed by atoms with Crippen molar-refractivity contribution in [2.45, 2.75) is 14.9 Å². The summed E-state index contributed by atoms with van der Waals surface area (Å²) in [6.45, 7) is 0. The topological polar surface area (TPSA) is 64.0 Å². The molecular formula is C16H13F2N3O2S2. The van der Waals surface area contributed by atoms with Crippen LogP contribution in [0, 0.1) is 11.6 Å². The Labute approximate surface area is 147 Å². The van der Waals surface area contributed by atoms with Gasteiger partial charge in [0.25, 0.3) is 10.0 Å². The Morgan fingerprint density at radius 3 is 2.28 bits per heavy atom. The molecular weight excluding hydrogens is 368 g/mol. The van der Waals surface area contributed by atoms with Crippen molar-refractivity contribution in [2.75, 3.05) is 4.72 Å². The van der Waals surface area contributed by atoms with E-state index in [1.54, 1.807) is 18.3 Å². The fourth-order valence-electron chi connectivity index (χ4n) is 2.09. The minimum Gasteiger partial charge on any atom is -0.329 e. The zero-order chi connectivity index (χ0) is 18.0. The molecule has 9 heteroatoms. The highest BCUT2D eigenvalue weighted by Gasteiger charge is 2.23. The molecule has 0 saturated carbocycles. The number of aromatic nitrogens is 2. The number of nitrogens with zero attached hydrogens (tertiary/aromatic N) is 2. The molecule has 0 aliphatic rings. The van der Waals surface area contributed by atoms with E-state index in [9.17, 15) is 17.2 Å². The van der Waals surface area contributed by atoms with Gasteiger partial charge in [-0.05, 0) is 36.4 Å². The van der Waals surface area contributed by atoms with Gasteiger partial charge < -0.3 is 4.57 Å². The maximum atomic E-state index is 13.7. The number of aryl methyl sites for hydroxylation is 1. The van der Waals surface area contributed by atoms with Gasteiger partial charge in [0.1, 0.15) is 11.6 Å². The lowest BCUT2D eigenvalue weighted by Crippen LogP contribution is -2.16. The van der Waals surface area contributed by atoms with Gasteiger partial charge in [-0.25, -0.2) is 22.2 Å². The Balaban J connectivity index is 1.80. The SMILES string of the molecule is Cn1ccnc1Sc1ccc(NS(=O)(=O)c2c(F)cccc2F)cc1. The molecule has 0 atom stereocenters. The van der Waals surface area contributed by atoms with Crippen molar-refractivity contribution in [1.82, 2.24) is 9.55 Å². The van der Waals surface area contributed by atoms with E-state index in [1.165, 1.54) is 23.9 Å². The number of nitrogens with one attached hydrogen (secondary N) is 1. The number of halogens is 2. The van der Waals surface area contributed by atoms with Crippen LogP contribution in [0.3, 0.4) is 0 Å². The number of hydrogen-bond acceptors (Lipinski definition) is 4. The van der Waals surface area contributed by atoms with Gasteiger partial charge in [0, 0.05) is 30.0 Å². The summed E-state index contributed by atoms with van der Waals surface area (Å²) < 4.78 is 55.8. The number of benzene rings is 2. The average molecular weight is 381 g/mol. The first-order valence-electron chi connectivity index (χ1n) is 7.09. The second kappa shape index (κ2) is 6.85. The summed E-state index contributed by atoms with van der Waals surface area (Å²) in [5.74, 6) is -2.29. The highest BCUT2D eigenvalue weighted by atomic mass is 32.2. The summed E-state index contributed by atoms with van der Waals surface area (Å²) in [7, 11) is -2.51. The van der Waals surface area contributed by atoms with Crippen molar-refractivity contribution in [1.29, 1.82) is 0 Å². The highest BCUT2D eigenvalue weighted by molar-refractivity contribution is 7.99. The molecule has 0 unspecified atom stereocenters. The number of imidazole rings is 1. The lowest BCUT2D eigenvalue weighted by atomic mass is 10.3. The van der Waals surface area contributed by atoms with Crippen LogP contribution in [-0.2, 0) is 17.1 Å². The predicted molar refractivity (Wildman–Crippen MR) is 90.9 cm³/mol. The molecule has 2 aromatic carbocycles. The minimum atomic E-state index is -4.37. The summed E-state index contributed by atoms with van der Waals surface area (Å²) in [6.07, 6.45) is 3.49. The van der Waals surface area contributed by atoms with E-state index in [-0.39, 0.29) is 5.69 Å². The van der Waals surface area contributed by atoms with Gasteiger partial charge in [0.05, 0.1) is 0 Å². The molecule has 0 radical (unpaired) electrons. The molecule has 0 aliphatic carbocycles. The van der Waals surface area contributed by atoms with Gasteiger partial charge in [0.15, 0.2) is 10.1 Å². The summed E-state index contributed by atoms with van der Waals surface area (Å²) in [6, 6.07) is 9.30. The van der Waals surface area contributed by atoms with Crippen molar-refractivity contribution in [3.05, 3.63) is 66.5 Å². The van der Waals surface area contributed by atoms with Crippen LogP contribution >= 0.6 is 11.8 Å². The molecule has 3 rings (SSSR count). The number of hydrogen-bond donors (Lipinski definition) is 1. The van der Waals surface area contributed by atoms with Crippen LogP contribution in [0.4, 0.5) is 14.5 Å². The monoisotopic (exact) mass is 381 g/mol. The average Bonchev–Trinajstić information content (AvgIpc) is 2.93. The zero-order valence-corrected chi connectivity index (χ0v) is 14.6. The Morgan fingerprint density at radius 2 is 1.72 bits per heavy atom. The van der Waals surface area contributed by atoms with Gasteiger partial charge in [-0.3, -0.25) is 4.72 Å². The van der Waals surface area contributed by atoms with Crippen LogP contribution in [0.25, 0.3) is 0 Å². The summed E-state index contributed by atoms with van der Waals surface area (Å²) >= 11 is 1.40. The molecule has 0 spiro atoms. The van der Waals surface area contributed by atoms with E-state index in [1.807, 2.05) is 17.8 Å². The Hall–Kier alpha value is -2.39. The fourth-order valence-corrected chi connectivity index (χ4v) is 4.09. The summed E-state index contributed by atoms with van der Waals surface area (Å²) in [4.78, 5) is 4.03. The van der Waals surface area contributed by atoms with Crippen molar-refractivity contribution in [2.24, 2.45) is 7.05 Å². The maximum absolute atomic E-state index is 13.7. The zero-order valence-electron chi connectivity index (χ0n) is 13.0. The third kappa shape index (κ3) is 3.83. The molecule has 0 fully saturated rings. The first-order valence-corrected chi connectivity index (χ1v) is 9.39. The lowest BCUT2D eigenvalue weighted by Gasteiger charge is -2.10. The second-order valence-corrected chi connectivity index (χ2v) is 7.76. The van der Waals surface area contributed by atoms with Gasteiger partial charge in [-0.1, -0.05) is 17.8 Å². The summed E-state index contributed by atoms with van der Waals surface area (Å²) in [5, 5.41) is 0.779. The minimum absolute atomic E-state index is 0.201. The number of anilines is 1. The Morgan fingerprint density at radius 1 is 1.08 bits per heavy atom. The molecule has 0 saturated heterocycles. The highest BCUT2D eigenvalue weighted by Crippen LogP contribution is 2.28. The first kappa shape index (κ1) is 17.4. The third-order valence-electron chi connectivity index (χ3n) is 3.28. The van der Waals surface area contributed by atoms with Crippen molar-refractivity contribution in [3.8, 4) is 0 Å². The van der Waals surface area contributed by atoms with Crippen LogP contribution in [0.1, 0.15) is 0 Å². The Kier molecular flexibility index (Phi) is 4.78. The first-order chi connectivity index (χ1) is 11.9. The maximum Gasteiger partial charge on any atom is 0.267 e. The molecule has 5 nitrogen and oxygen atoms in total. The van der Waals surface area contributed by atoms with Crippen LogP contribution in [-0.4, -0.2) is 18.0 Å². The van der Waals surface area contributed by atoms with Crippen LogP contribution in [0.5, 0.6) is 0 Å². The van der Waals surface area contributed by atoms with Gasteiger partial charge >= 0.3 is 0 Å². The van der Waals surface area contributed by atoms with Gasteiger partial charge in [0.2, 0.25) is 0 Å². The van der Waals surface area contributed by atoms with Gasteiger partial charge in [-0.15, -0.1) is 0 Å². The van der Waals surface area contributed by atoms with E-state index >= 15 is 0 Å². The van der Waals surface area contributed by atoms with Crippen LogP contribution in [0.2, 0.25) is 0 Å². The van der Waals surface area contributed by atoms with Crippen LogP contribution < -0.4 is 4.72 Å². The summed E-state index contributed by atoms with van der Waals surface area (Å²) in [5.41, 5.74) is 0.201. The van der Waals surface area contributed by atoms with Crippen molar-refractivity contribution < 1.29 is 17.2 Å². The van der Waals surface area contributed by atoms with E-state index in [2.05, 4.69) is 9.71 Å². The molecule has 1 aromatic heterocycles. The quantitative estimate of drug-likeness (QED) is 0.733. The molecule has 130 valence electrons. The third-order valence-corrected chi connectivity index (χ3v) is 5.80. The molecule has 1 heterocycles. The molecule has 1 N–H and O–H groups in total.